The van der Waals surface area contributed by atoms with E-state index in [1.807, 2.05) is 54.7 Å². The van der Waals surface area contributed by atoms with Crippen LogP contribution >= 0.6 is 22.6 Å². The van der Waals surface area contributed by atoms with Gasteiger partial charge in [0, 0.05) is 33.5 Å². The maximum atomic E-state index is 12.5. The van der Waals surface area contributed by atoms with E-state index in [4.69, 9.17) is 0 Å². The third kappa shape index (κ3) is 3.46. The fourth-order valence-corrected chi connectivity index (χ4v) is 3.99. The van der Waals surface area contributed by atoms with Gasteiger partial charge in [-0.05, 0) is 51.9 Å². The van der Waals surface area contributed by atoms with Crippen LogP contribution in [-0.4, -0.2) is 28.9 Å². The van der Waals surface area contributed by atoms with Crippen molar-refractivity contribution >= 4 is 45.3 Å². The summed E-state index contributed by atoms with van der Waals surface area (Å²) in [5.74, 6) is -0.265. The van der Waals surface area contributed by atoms with E-state index in [0.717, 1.165) is 25.6 Å². The van der Waals surface area contributed by atoms with Gasteiger partial charge < -0.3 is 15.6 Å². The molecular weight excluding hydrogens is 441 g/mol. The molecule has 4 rings (SSSR count). The van der Waals surface area contributed by atoms with Gasteiger partial charge in [0.1, 0.15) is 12.1 Å². The maximum absolute atomic E-state index is 12.5. The lowest BCUT2D eigenvalue weighted by Crippen LogP contribution is -2.62. The maximum Gasteiger partial charge on any atom is 0.243 e. The average Bonchev–Trinajstić information content (AvgIpc) is 3.02. The number of fused-ring (bicyclic) bond motifs is 1. The van der Waals surface area contributed by atoms with Gasteiger partial charge in [0.05, 0.1) is 0 Å². The van der Waals surface area contributed by atoms with Gasteiger partial charge in [0.15, 0.2) is 0 Å². The molecule has 0 aliphatic carbocycles. The smallest absolute Gasteiger partial charge is 0.243 e. The number of hydrogen-bond acceptors (Lipinski definition) is 2. The summed E-state index contributed by atoms with van der Waals surface area (Å²) < 4.78 is 1.11. The predicted octanol–water partition coefficient (Wildman–Crippen LogP) is 2.54. The number of hydrogen-bond donors (Lipinski definition) is 3. The lowest BCUT2D eigenvalue weighted by molar-refractivity contribution is -0.136. The minimum absolute atomic E-state index is 0.131. The molecule has 1 aliphatic heterocycles. The second-order valence-corrected chi connectivity index (χ2v) is 7.77. The Morgan fingerprint density at radius 1 is 0.885 bits per heavy atom. The summed E-state index contributed by atoms with van der Waals surface area (Å²) in [6, 6.07) is 14.8. The van der Waals surface area contributed by atoms with Crippen molar-refractivity contribution in [3.63, 3.8) is 0 Å². The molecule has 0 radical (unpaired) electrons. The number of carbonyl (C=O) groups excluding carboxylic acids is 2. The van der Waals surface area contributed by atoms with Crippen molar-refractivity contribution in [2.45, 2.75) is 24.9 Å². The molecule has 2 amide bonds. The molecule has 1 saturated heterocycles. The molecule has 2 heterocycles. The Balaban J connectivity index is 1.46. The molecule has 1 fully saturated rings. The SMILES string of the molecule is O=C1N[C@@H](Cc2c[nH]c3ccccc23)C(=O)N[C@H]1Cc1cccc(I)c1. The van der Waals surface area contributed by atoms with E-state index in [1.54, 1.807) is 0 Å². The molecule has 1 aromatic heterocycles. The second kappa shape index (κ2) is 7.11. The van der Waals surface area contributed by atoms with Crippen LogP contribution in [0.2, 0.25) is 0 Å². The van der Waals surface area contributed by atoms with Gasteiger partial charge in [-0.15, -0.1) is 0 Å². The van der Waals surface area contributed by atoms with Crippen molar-refractivity contribution < 1.29 is 9.59 Å². The number of carbonyl (C=O) groups is 2. The summed E-state index contributed by atoms with van der Waals surface area (Å²) in [4.78, 5) is 28.2. The molecule has 0 saturated carbocycles. The van der Waals surface area contributed by atoms with Crippen molar-refractivity contribution in [2.75, 3.05) is 0 Å². The highest BCUT2D eigenvalue weighted by Crippen LogP contribution is 2.20. The number of rotatable bonds is 4. The highest BCUT2D eigenvalue weighted by Gasteiger charge is 2.33. The molecule has 2 aromatic carbocycles. The molecular formula is C20H18IN3O2. The molecule has 3 N–H and O–H groups in total. The standard InChI is InChI=1S/C20H18IN3O2/c21-14-5-3-4-12(8-14)9-17-19(25)24-18(20(26)23-17)10-13-11-22-16-7-2-1-6-15(13)16/h1-8,11,17-18,22H,9-10H2,(H,23,26)(H,24,25)/t17-,18-/m0/s1. The topological polar surface area (TPSA) is 74.0 Å². The van der Waals surface area contributed by atoms with Gasteiger partial charge in [-0.25, -0.2) is 0 Å². The van der Waals surface area contributed by atoms with Gasteiger partial charge in [-0.1, -0.05) is 30.3 Å². The summed E-state index contributed by atoms with van der Waals surface area (Å²) in [5, 5.41) is 6.85. The van der Waals surface area contributed by atoms with Crippen LogP contribution in [0.15, 0.2) is 54.7 Å². The molecule has 0 spiro atoms. The Hall–Kier alpha value is -2.35. The number of para-hydroxylation sites is 1. The summed E-state index contributed by atoms with van der Waals surface area (Å²) in [5.41, 5.74) is 3.09. The molecule has 3 aromatic rings. The van der Waals surface area contributed by atoms with E-state index in [0.29, 0.717) is 12.8 Å². The largest absolute Gasteiger partial charge is 0.361 e. The molecule has 132 valence electrons. The van der Waals surface area contributed by atoms with Gasteiger partial charge in [0.2, 0.25) is 11.8 Å². The van der Waals surface area contributed by atoms with Crippen LogP contribution in [-0.2, 0) is 22.4 Å². The molecule has 0 unspecified atom stereocenters. The van der Waals surface area contributed by atoms with E-state index in [1.165, 1.54) is 0 Å². The Morgan fingerprint density at radius 2 is 1.62 bits per heavy atom. The minimum atomic E-state index is -0.547. The highest BCUT2D eigenvalue weighted by molar-refractivity contribution is 14.1. The van der Waals surface area contributed by atoms with Crippen LogP contribution in [0.5, 0.6) is 0 Å². The lowest BCUT2D eigenvalue weighted by atomic mass is 9.98. The van der Waals surface area contributed by atoms with Crippen molar-refractivity contribution in [2.24, 2.45) is 0 Å². The van der Waals surface area contributed by atoms with Crippen molar-refractivity contribution in [3.05, 3.63) is 69.4 Å². The van der Waals surface area contributed by atoms with Gasteiger partial charge in [0.25, 0.3) is 0 Å². The normalized spacial score (nSPS) is 20.0. The van der Waals surface area contributed by atoms with Crippen molar-refractivity contribution in [1.29, 1.82) is 0 Å². The number of H-pyrrole nitrogens is 1. The Kier molecular flexibility index (Phi) is 4.67. The third-order valence-corrected chi connectivity index (χ3v) is 5.36. The highest BCUT2D eigenvalue weighted by atomic mass is 127. The van der Waals surface area contributed by atoms with Crippen molar-refractivity contribution in [1.82, 2.24) is 15.6 Å². The number of halogens is 1. The first-order valence-electron chi connectivity index (χ1n) is 8.50. The van der Waals surface area contributed by atoms with Crippen LogP contribution in [0.25, 0.3) is 10.9 Å². The first-order chi connectivity index (χ1) is 12.6. The monoisotopic (exact) mass is 459 g/mol. The molecule has 6 heteroatoms. The van der Waals surface area contributed by atoms with Crippen LogP contribution < -0.4 is 10.6 Å². The van der Waals surface area contributed by atoms with Crippen LogP contribution in [0.1, 0.15) is 11.1 Å². The summed E-state index contributed by atoms with van der Waals surface area (Å²) >= 11 is 2.24. The molecule has 1 aliphatic rings. The molecule has 5 nitrogen and oxygen atoms in total. The number of aromatic amines is 1. The Labute approximate surface area is 164 Å². The molecule has 0 bridgehead atoms. The Bertz CT molecular complexity index is 982. The fourth-order valence-electron chi connectivity index (χ4n) is 3.38. The zero-order valence-corrected chi connectivity index (χ0v) is 16.1. The number of nitrogens with one attached hydrogen (secondary N) is 3. The van der Waals surface area contributed by atoms with Crippen LogP contribution in [0, 0.1) is 3.57 Å². The number of piperazine rings is 1. The van der Waals surface area contributed by atoms with Crippen molar-refractivity contribution in [3.8, 4) is 0 Å². The lowest BCUT2D eigenvalue weighted by Gasteiger charge is -2.29. The first kappa shape index (κ1) is 17.1. The zero-order chi connectivity index (χ0) is 18.1. The van der Waals surface area contributed by atoms with Crippen LogP contribution in [0.4, 0.5) is 0 Å². The third-order valence-electron chi connectivity index (χ3n) is 4.69. The molecule has 2 atom stereocenters. The van der Waals surface area contributed by atoms with E-state index < -0.39 is 12.1 Å². The summed E-state index contributed by atoms with van der Waals surface area (Å²) in [6.45, 7) is 0. The average molecular weight is 459 g/mol. The van der Waals surface area contributed by atoms with Crippen LogP contribution in [0.3, 0.4) is 0 Å². The first-order valence-corrected chi connectivity index (χ1v) is 9.58. The predicted molar refractivity (Wildman–Crippen MR) is 109 cm³/mol. The number of benzene rings is 2. The quantitative estimate of drug-likeness (QED) is 0.525. The zero-order valence-electron chi connectivity index (χ0n) is 14.0. The van der Waals surface area contributed by atoms with Gasteiger partial charge in [-0.2, -0.15) is 0 Å². The van der Waals surface area contributed by atoms with E-state index >= 15 is 0 Å². The van der Waals surface area contributed by atoms with Gasteiger partial charge >= 0.3 is 0 Å². The fraction of sp³-hybridized carbons (Fsp3) is 0.200. The van der Waals surface area contributed by atoms with Gasteiger partial charge in [-0.3, -0.25) is 9.59 Å². The number of amides is 2. The second-order valence-electron chi connectivity index (χ2n) is 6.52. The minimum Gasteiger partial charge on any atom is -0.361 e. The summed E-state index contributed by atoms with van der Waals surface area (Å²) in [6.07, 6.45) is 2.87. The van der Waals surface area contributed by atoms with E-state index in [2.05, 4.69) is 38.2 Å². The summed E-state index contributed by atoms with van der Waals surface area (Å²) in [7, 11) is 0. The molecule has 26 heavy (non-hydrogen) atoms. The number of aromatic nitrogens is 1. The Morgan fingerprint density at radius 3 is 2.38 bits per heavy atom. The van der Waals surface area contributed by atoms with E-state index in [9.17, 15) is 9.59 Å². The van der Waals surface area contributed by atoms with E-state index in [-0.39, 0.29) is 11.8 Å².